The van der Waals surface area contributed by atoms with Crippen LogP contribution in [0.1, 0.15) is 11.3 Å². The topological polar surface area (TPSA) is 60.5 Å². The molecule has 1 saturated heterocycles. The number of hydrogen-bond donors (Lipinski definition) is 0. The molecule has 0 N–H and O–H groups in total. The standard InChI is InChI=1S/C20H21N3O3/c24-20-16-13-26-17-6-5-14-3-1-2-4-15(14)19(18(16)17)21-23(20)8-7-22-9-11-25-12-10-22/h1-4,13H,5-12H2. The Kier molecular flexibility index (Phi) is 3.87. The van der Waals surface area contributed by atoms with Crippen molar-refractivity contribution in [3.8, 4) is 11.3 Å². The lowest BCUT2D eigenvalue weighted by Gasteiger charge is -2.26. The first-order chi connectivity index (χ1) is 12.8. The predicted molar refractivity (Wildman–Crippen MR) is 98.4 cm³/mol. The van der Waals surface area contributed by atoms with E-state index in [0.29, 0.717) is 11.9 Å². The van der Waals surface area contributed by atoms with Crippen LogP contribution in [-0.2, 0) is 24.1 Å². The Bertz CT molecular complexity index is 1010. The van der Waals surface area contributed by atoms with Crippen molar-refractivity contribution in [2.75, 3.05) is 32.8 Å². The molecule has 0 atom stereocenters. The fourth-order valence-corrected chi connectivity index (χ4v) is 3.97. The van der Waals surface area contributed by atoms with Crippen LogP contribution >= 0.6 is 0 Å². The van der Waals surface area contributed by atoms with E-state index in [4.69, 9.17) is 14.3 Å². The fourth-order valence-electron chi connectivity index (χ4n) is 3.97. The van der Waals surface area contributed by atoms with Gasteiger partial charge in [-0.1, -0.05) is 24.3 Å². The highest BCUT2D eigenvalue weighted by Gasteiger charge is 2.23. The molecule has 6 nitrogen and oxygen atoms in total. The number of hydrogen-bond acceptors (Lipinski definition) is 5. The molecule has 3 aromatic rings. The van der Waals surface area contributed by atoms with E-state index >= 15 is 0 Å². The molecule has 2 aromatic heterocycles. The summed E-state index contributed by atoms with van der Waals surface area (Å²) in [7, 11) is 0. The third-order valence-corrected chi connectivity index (χ3v) is 5.42. The molecule has 6 heteroatoms. The first-order valence-corrected chi connectivity index (χ1v) is 9.21. The van der Waals surface area contributed by atoms with Gasteiger partial charge in [-0.15, -0.1) is 0 Å². The van der Waals surface area contributed by atoms with Gasteiger partial charge in [0.25, 0.3) is 5.56 Å². The van der Waals surface area contributed by atoms with E-state index in [1.54, 1.807) is 10.9 Å². The smallest absolute Gasteiger partial charge is 0.277 e. The van der Waals surface area contributed by atoms with Crippen molar-refractivity contribution in [1.29, 1.82) is 0 Å². The molecule has 134 valence electrons. The lowest BCUT2D eigenvalue weighted by atomic mass is 10.0. The molecular formula is C20H21N3O3. The maximum atomic E-state index is 12.9. The summed E-state index contributed by atoms with van der Waals surface area (Å²) in [5.74, 6) is 0.871. The zero-order valence-corrected chi connectivity index (χ0v) is 14.6. The van der Waals surface area contributed by atoms with E-state index < -0.39 is 0 Å². The van der Waals surface area contributed by atoms with E-state index in [-0.39, 0.29) is 5.56 Å². The molecule has 2 aliphatic rings. The Labute approximate surface area is 151 Å². The molecule has 0 saturated carbocycles. The zero-order chi connectivity index (χ0) is 17.5. The molecule has 26 heavy (non-hydrogen) atoms. The number of nitrogens with zero attached hydrogens (tertiary/aromatic N) is 3. The summed E-state index contributed by atoms with van der Waals surface area (Å²) in [6.45, 7) is 4.69. The average molecular weight is 351 g/mol. The molecule has 0 radical (unpaired) electrons. The van der Waals surface area contributed by atoms with Crippen molar-refractivity contribution in [1.82, 2.24) is 14.7 Å². The van der Waals surface area contributed by atoms with E-state index in [1.165, 1.54) is 5.56 Å². The van der Waals surface area contributed by atoms with Gasteiger partial charge in [-0.3, -0.25) is 9.69 Å². The molecule has 1 aromatic carbocycles. The Morgan fingerprint density at radius 3 is 2.81 bits per heavy atom. The Morgan fingerprint density at radius 2 is 1.92 bits per heavy atom. The molecule has 0 amide bonds. The van der Waals surface area contributed by atoms with Crippen LogP contribution in [-0.4, -0.2) is 47.5 Å². The lowest BCUT2D eigenvalue weighted by molar-refractivity contribution is 0.0358. The van der Waals surface area contributed by atoms with Gasteiger partial charge in [-0.05, 0) is 12.0 Å². The third-order valence-electron chi connectivity index (χ3n) is 5.42. The van der Waals surface area contributed by atoms with Gasteiger partial charge in [0.05, 0.1) is 30.5 Å². The summed E-state index contributed by atoms with van der Waals surface area (Å²) in [5, 5.41) is 6.31. The summed E-state index contributed by atoms with van der Waals surface area (Å²) in [6, 6.07) is 8.31. The van der Waals surface area contributed by atoms with Gasteiger partial charge >= 0.3 is 0 Å². The van der Waals surface area contributed by atoms with Crippen LogP contribution in [0.2, 0.25) is 0 Å². The first kappa shape index (κ1) is 15.8. The molecule has 1 fully saturated rings. The fraction of sp³-hybridized carbons (Fsp3) is 0.400. The van der Waals surface area contributed by atoms with Gasteiger partial charge in [0, 0.05) is 31.6 Å². The average Bonchev–Trinajstić information content (AvgIpc) is 3.05. The maximum absolute atomic E-state index is 12.9. The van der Waals surface area contributed by atoms with E-state index in [9.17, 15) is 4.79 Å². The van der Waals surface area contributed by atoms with Crippen molar-refractivity contribution in [3.05, 3.63) is 52.2 Å². The minimum atomic E-state index is -0.0635. The number of benzene rings is 1. The van der Waals surface area contributed by atoms with Crippen LogP contribution in [0.25, 0.3) is 22.0 Å². The van der Waals surface area contributed by atoms with Crippen LogP contribution in [0.15, 0.2) is 39.7 Å². The quantitative estimate of drug-likeness (QED) is 0.723. The summed E-state index contributed by atoms with van der Waals surface area (Å²) in [4.78, 5) is 15.2. The third kappa shape index (κ3) is 2.57. The molecule has 1 aliphatic heterocycles. The molecule has 0 unspecified atom stereocenters. The largest absolute Gasteiger partial charge is 0.468 e. The zero-order valence-electron chi connectivity index (χ0n) is 14.6. The van der Waals surface area contributed by atoms with Crippen molar-refractivity contribution >= 4 is 10.8 Å². The second kappa shape index (κ2) is 6.37. The van der Waals surface area contributed by atoms with Crippen molar-refractivity contribution in [2.45, 2.75) is 19.4 Å². The van der Waals surface area contributed by atoms with Gasteiger partial charge in [-0.2, -0.15) is 5.10 Å². The summed E-state index contributed by atoms with van der Waals surface area (Å²) in [5.41, 5.74) is 3.17. The summed E-state index contributed by atoms with van der Waals surface area (Å²) < 4.78 is 12.8. The first-order valence-electron chi connectivity index (χ1n) is 9.21. The highest BCUT2D eigenvalue weighted by molar-refractivity contribution is 5.96. The van der Waals surface area contributed by atoms with Crippen LogP contribution < -0.4 is 5.56 Å². The summed E-state index contributed by atoms with van der Waals surface area (Å²) >= 11 is 0. The van der Waals surface area contributed by atoms with Crippen molar-refractivity contribution in [2.24, 2.45) is 0 Å². The maximum Gasteiger partial charge on any atom is 0.277 e. The molecule has 5 rings (SSSR count). The molecule has 0 bridgehead atoms. The number of morpholine rings is 1. The van der Waals surface area contributed by atoms with Gasteiger partial charge < -0.3 is 9.15 Å². The molecular weight excluding hydrogens is 330 g/mol. The van der Waals surface area contributed by atoms with Crippen LogP contribution in [0, 0.1) is 0 Å². The van der Waals surface area contributed by atoms with Crippen LogP contribution in [0.3, 0.4) is 0 Å². The monoisotopic (exact) mass is 351 g/mol. The molecule has 3 heterocycles. The van der Waals surface area contributed by atoms with Gasteiger partial charge in [0.15, 0.2) is 0 Å². The number of ether oxygens (including phenoxy) is 1. The second-order valence-electron chi connectivity index (χ2n) is 6.94. The van der Waals surface area contributed by atoms with Crippen LogP contribution in [0.4, 0.5) is 0 Å². The van der Waals surface area contributed by atoms with Gasteiger partial charge in [0.2, 0.25) is 0 Å². The van der Waals surface area contributed by atoms with E-state index in [0.717, 1.165) is 68.1 Å². The minimum Gasteiger partial charge on any atom is -0.468 e. The number of rotatable bonds is 3. The molecule has 0 spiro atoms. The Balaban J connectivity index is 1.60. The normalized spacial score (nSPS) is 17.2. The minimum absolute atomic E-state index is 0.0635. The van der Waals surface area contributed by atoms with Crippen molar-refractivity contribution in [3.63, 3.8) is 0 Å². The van der Waals surface area contributed by atoms with E-state index in [1.807, 2.05) is 6.07 Å². The second-order valence-corrected chi connectivity index (χ2v) is 6.94. The van der Waals surface area contributed by atoms with Crippen LogP contribution in [0.5, 0.6) is 0 Å². The summed E-state index contributed by atoms with van der Waals surface area (Å²) in [6.07, 6.45) is 3.31. The number of fused-ring (bicyclic) bond motifs is 2. The SMILES string of the molecule is O=c1c2coc3c2c(nn1CCN1CCOCC1)-c1ccccc1CC3. The predicted octanol–water partition coefficient (Wildman–Crippen LogP) is 2.09. The Morgan fingerprint density at radius 1 is 1.08 bits per heavy atom. The number of aryl methyl sites for hydroxylation is 2. The highest BCUT2D eigenvalue weighted by atomic mass is 16.5. The van der Waals surface area contributed by atoms with Crippen molar-refractivity contribution < 1.29 is 9.15 Å². The number of aromatic nitrogens is 2. The lowest BCUT2D eigenvalue weighted by Crippen LogP contribution is -2.39. The van der Waals surface area contributed by atoms with E-state index in [2.05, 4.69) is 23.1 Å². The number of furan rings is 1. The van der Waals surface area contributed by atoms with Gasteiger partial charge in [0.1, 0.15) is 17.7 Å². The Hall–Kier alpha value is -2.44. The van der Waals surface area contributed by atoms with Gasteiger partial charge in [-0.25, -0.2) is 4.68 Å². The molecule has 1 aliphatic carbocycles. The highest BCUT2D eigenvalue weighted by Crippen LogP contribution is 2.35.